The molecule has 6 nitrogen and oxygen atoms in total. The lowest BCUT2D eigenvalue weighted by atomic mass is 10.3. The Balaban J connectivity index is 2.37. The molecule has 0 saturated carbocycles. The number of rotatable bonds is 3. The molecule has 2 heterocycles. The van der Waals surface area contributed by atoms with E-state index < -0.39 is 0 Å². The van der Waals surface area contributed by atoms with Crippen LogP contribution in [0.1, 0.15) is 18.3 Å². The van der Waals surface area contributed by atoms with Crippen molar-refractivity contribution in [3.8, 4) is 0 Å². The Kier molecular flexibility index (Phi) is 3.38. The number of nitrogen functional groups attached to an aromatic ring is 1. The van der Waals surface area contributed by atoms with Crippen molar-refractivity contribution < 1.29 is 0 Å². The molecule has 0 aliphatic heterocycles. The van der Waals surface area contributed by atoms with Crippen LogP contribution in [-0.2, 0) is 20.0 Å². The predicted molar refractivity (Wildman–Crippen MR) is 69.6 cm³/mol. The summed E-state index contributed by atoms with van der Waals surface area (Å²) in [5.41, 5.74) is 7.08. The van der Waals surface area contributed by atoms with E-state index >= 15 is 0 Å². The molecule has 0 aliphatic rings. The third-order valence-electron chi connectivity index (χ3n) is 2.75. The third kappa shape index (κ3) is 2.24. The molecule has 0 radical (unpaired) electrons. The zero-order valence-corrected chi connectivity index (χ0v) is 11.0. The van der Waals surface area contributed by atoms with Crippen LogP contribution in [0.3, 0.4) is 0 Å². The molecule has 0 aromatic carbocycles. The van der Waals surface area contributed by atoms with E-state index in [1.807, 2.05) is 20.0 Å². The van der Waals surface area contributed by atoms with E-state index in [1.54, 1.807) is 4.68 Å². The van der Waals surface area contributed by atoms with E-state index in [0.717, 1.165) is 17.8 Å². The van der Waals surface area contributed by atoms with Gasteiger partial charge in [0, 0.05) is 7.05 Å². The molecule has 18 heavy (non-hydrogen) atoms. The van der Waals surface area contributed by atoms with Gasteiger partial charge >= 0.3 is 0 Å². The van der Waals surface area contributed by atoms with Crippen molar-refractivity contribution in [1.82, 2.24) is 19.3 Å². The fourth-order valence-corrected chi connectivity index (χ4v) is 1.79. The molecule has 0 aliphatic carbocycles. The average molecular weight is 268 g/mol. The second kappa shape index (κ2) is 4.81. The van der Waals surface area contributed by atoms with Crippen LogP contribution in [0.15, 0.2) is 17.2 Å². The lowest BCUT2D eigenvalue weighted by Crippen LogP contribution is -2.25. The maximum atomic E-state index is 11.9. The van der Waals surface area contributed by atoms with Gasteiger partial charge in [0.25, 0.3) is 5.56 Å². The first-order valence-electron chi connectivity index (χ1n) is 5.55. The highest BCUT2D eigenvalue weighted by Crippen LogP contribution is 2.10. The highest BCUT2D eigenvalue weighted by atomic mass is 35.5. The molecule has 7 heteroatoms. The largest absolute Gasteiger partial charge is 0.392 e. The second-order valence-electron chi connectivity index (χ2n) is 3.99. The normalized spacial score (nSPS) is 10.8. The van der Waals surface area contributed by atoms with Gasteiger partial charge in [-0.1, -0.05) is 18.5 Å². The number of anilines is 1. The van der Waals surface area contributed by atoms with E-state index in [1.165, 1.54) is 10.9 Å². The minimum Gasteiger partial charge on any atom is -0.392 e. The van der Waals surface area contributed by atoms with E-state index in [4.69, 9.17) is 17.3 Å². The number of nitrogens with two attached hydrogens (primary N) is 1. The maximum Gasteiger partial charge on any atom is 0.278 e. The van der Waals surface area contributed by atoms with Crippen LogP contribution in [0, 0.1) is 0 Å². The van der Waals surface area contributed by atoms with Gasteiger partial charge in [0.15, 0.2) is 5.15 Å². The molecule has 2 N–H and O–H groups in total. The van der Waals surface area contributed by atoms with Crippen molar-refractivity contribution in [3.05, 3.63) is 39.3 Å². The highest BCUT2D eigenvalue weighted by molar-refractivity contribution is 6.31. The van der Waals surface area contributed by atoms with Crippen molar-refractivity contribution >= 4 is 17.3 Å². The summed E-state index contributed by atoms with van der Waals surface area (Å²) in [6.07, 6.45) is 2.24. The Morgan fingerprint density at radius 2 is 2.22 bits per heavy atom. The summed E-state index contributed by atoms with van der Waals surface area (Å²) < 4.78 is 3.16. The van der Waals surface area contributed by atoms with Gasteiger partial charge in [0.2, 0.25) is 0 Å². The summed E-state index contributed by atoms with van der Waals surface area (Å²) in [7, 11) is 1.84. The molecular formula is C11H14ClN5O. The number of aromatic nitrogens is 4. The molecule has 2 aromatic heterocycles. The fourth-order valence-electron chi connectivity index (χ4n) is 1.66. The molecule has 0 spiro atoms. The Labute approximate surface area is 109 Å². The first kappa shape index (κ1) is 12.6. The highest BCUT2D eigenvalue weighted by Gasteiger charge is 2.09. The van der Waals surface area contributed by atoms with Crippen molar-refractivity contribution in [2.45, 2.75) is 19.9 Å². The van der Waals surface area contributed by atoms with Gasteiger partial charge in [-0.3, -0.25) is 14.0 Å². The molecule has 0 saturated heterocycles. The van der Waals surface area contributed by atoms with E-state index in [9.17, 15) is 4.79 Å². The molecule has 0 amide bonds. The van der Waals surface area contributed by atoms with E-state index in [2.05, 4.69) is 10.1 Å². The van der Waals surface area contributed by atoms with Crippen LogP contribution in [-0.4, -0.2) is 19.3 Å². The first-order chi connectivity index (χ1) is 8.52. The van der Waals surface area contributed by atoms with E-state index in [-0.39, 0.29) is 16.4 Å². The summed E-state index contributed by atoms with van der Waals surface area (Å²) in [6, 6.07) is 1.96. The maximum absolute atomic E-state index is 11.9. The molecule has 0 fully saturated rings. The number of hydrogen-bond donors (Lipinski definition) is 1. The standard InChI is InChI=1S/C11H14ClN5O/c1-3-7-4-8(16(2)15-7)5-17-6-14-10(12)9(13)11(17)18/h4,6H,3,5,13H2,1-2H3. The Morgan fingerprint density at radius 3 is 2.83 bits per heavy atom. The molecule has 0 unspecified atom stereocenters. The number of aryl methyl sites for hydroxylation is 2. The van der Waals surface area contributed by atoms with Crippen molar-refractivity contribution in [2.24, 2.45) is 7.05 Å². The van der Waals surface area contributed by atoms with Gasteiger partial charge in [-0.25, -0.2) is 4.98 Å². The summed E-state index contributed by atoms with van der Waals surface area (Å²) in [5.74, 6) is 0. The average Bonchev–Trinajstić information content (AvgIpc) is 2.71. The summed E-state index contributed by atoms with van der Waals surface area (Å²) >= 11 is 5.68. The lowest BCUT2D eigenvalue weighted by molar-refractivity contribution is 0.643. The van der Waals surface area contributed by atoms with Gasteiger partial charge in [-0.15, -0.1) is 0 Å². The predicted octanol–water partition coefficient (Wildman–Crippen LogP) is 0.823. The van der Waals surface area contributed by atoms with Gasteiger partial charge in [0.05, 0.1) is 24.3 Å². The van der Waals surface area contributed by atoms with Crippen LogP contribution < -0.4 is 11.3 Å². The Morgan fingerprint density at radius 1 is 1.50 bits per heavy atom. The molecule has 0 bridgehead atoms. The quantitative estimate of drug-likeness (QED) is 0.835. The van der Waals surface area contributed by atoms with Gasteiger partial charge in [-0.05, 0) is 12.5 Å². The van der Waals surface area contributed by atoms with Crippen molar-refractivity contribution in [1.29, 1.82) is 0 Å². The summed E-state index contributed by atoms with van der Waals surface area (Å²) in [4.78, 5) is 15.7. The summed E-state index contributed by atoms with van der Waals surface area (Å²) in [5, 5.41) is 4.36. The number of halogens is 1. The smallest absolute Gasteiger partial charge is 0.278 e. The minimum atomic E-state index is -0.339. The number of nitrogens with zero attached hydrogens (tertiary/aromatic N) is 4. The minimum absolute atomic E-state index is 0.0305. The second-order valence-corrected chi connectivity index (χ2v) is 4.34. The summed E-state index contributed by atoms with van der Waals surface area (Å²) in [6.45, 7) is 2.40. The first-order valence-corrected chi connectivity index (χ1v) is 5.93. The molecule has 96 valence electrons. The third-order valence-corrected chi connectivity index (χ3v) is 3.05. The molecule has 2 rings (SSSR count). The van der Waals surface area contributed by atoms with Gasteiger partial charge in [0.1, 0.15) is 5.69 Å². The van der Waals surface area contributed by atoms with Crippen LogP contribution in [0.2, 0.25) is 5.15 Å². The van der Waals surface area contributed by atoms with E-state index in [0.29, 0.717) is 6.54 Å². The van der Waals surface area contributed by atoms with Crippen LogP contribution in [0.25, 0.3) is 0 Å². The Bertz CT molecular complexity index is 631. The molecule has 0 atom stereocenters. The van der Waals surface area contributed by atoms with Crippen molar-refractivity contribution in [2.75, 3.05) is 5.73 Å². The van der Waals surface area contributed by atoms with Crippen LogP contribution in [0.5, 0.6) is 0 Å². The lowest BCUT2D eigenvalue weighted by Gasteiger charge is -2.06. The topological polar surface area (TPSA) is 78.7 Å². The zero-order chi connectivity index (χ0) is 13.3. The van der Waals surface area contributed by atoms with Gasteiger partial charge in [-0.2, -0.15) is 5.10 Å². The van der Waals surface area contributed by atoms with Crippen LogP contribution in [0.4, 0.5) is 5.69 Å². The van der Waals surface area contributed by atoms with Gasteiger partial charge < -0.3 is 5.73 Å². The van der Waals surface area contributed by atoms with Crippen molar-refractivity contribution in [3.63, 3.8) is 0 Å². The SMILES string of the molecule is CCc1cc(Cn2cnc(Cl)c(N)c2=O)n(C)n1. The van der Waals surface area contributed by atoms with Crippen LogP contribution >= 0.6 is 11.6 Å². The Hall–Kier alpha value is -1.82. The number of hydrogen-bond acceptors (Lipinski definition) is 4. The fraction of sp³-hybridized carbons (Fsp3) is 0.364. The molecular weight excluding hydrogens is 254 g/mol. The monoisotopic (exact) mass is 267 g/mol. The molecule has 2 aromatic rings. The zero-order valence-electron chi connectivity index (χ0n) is 10.2.